The number of hydrogen-bond acceptors (Lipinski definition) is 6. The van der Waals surface area contributed by atoms with Crippen molar-refractivity contribution in [3.05, 3.63) is 77.5 Å². The molecule has 2 aromatic carbocycles. The number of aromatic nitrogens is 1. The van der Waals surface area contributed by atoms with Gasteiger partial charge in [-0.3, -0.25) is 0 Å². The van der Waals surface area contributed by atoms with Crippen LogP contribution in [0.1, 0.15) is 29.8 Å². The van der Waals surface area contributed by atoms with Crippen molar-refractivity contribution < 1.29 is 24.1 Å². The van der Waals surface area contributed by atoms with Crippen LogP contribution in [0.2, 0.25) is 0 Å². The van der Waals surface area contributed by atoms with Crippen molar-refractivity contribution in [2.24, 2.45) is 0 Å². The fourth-order valence-electron chi connectivity index (χ4n) is 3.07. The van der Waals surface area contributed by atoms with Crippen LogP contribution in [0.25, 0.3) is 11.3 Å². The third kappa shape index (κ3) is 6.06. The first-order valence-corrected chi connectivity index (χ1v) is 10.2. The topological polar surface area (TPSA) is 102 Å². The maximum Gasteiger partial charge on any atom is 0.341 e. The SMILES string of the molecule is CCOC[C@@H](Oc1ccc(OCC(=O)O)c(C)c1)c1cccc(-c2ccc(C#N)cc2)n1. The molecule has 164 valence electrons. The average Bonchev–Trinajstić information content (AvgIpc) is 2.81. The van der Waals surface area contributed by atoms with Crippen LogP contribution in [0.4, 0.5) is 0 Å². The number of aliphatic carboxylic acids is 1. The first-order chi connectivity index (χ1) is 15.5. The van der Waals surface area contributed by atoms with Gasteiger partial charge >= 0.3 is 5.97 Å². The van der Waals surface area contributed by atoms with Crippen LogP contribution in [0.3, 0.4) is 0 Å². The summed E-state index contributed by atoms with van der Waals surface area (Å²) in [6, 6.07) is 20.3. The Morgan fingerprint density at radius 2 is 1.94 bits per heavy atom. The summed E-state index contributed by atoms with van der Waals surface area (Å²) in [5.74, 6) is 0.0530. The summed E-state index contributed by atoms with van der Waals surface area (Å²) in [5, 5.41) is 17.8. The van der Waals surface area contributed by atoms with E-state index in [2.05, 4.69) is 6.07 Å². The molecule has 0 saturated heterocycles. The van der Waals surface area contributed by atoms with Gasteiger partial charge in [-0.2, -0.15) is 5.26 Å². The van der Waals surface area contributed by atoms with Crippen molar-refractivity contribution in [2.45, 2.75) is 20.0 Å². The van der Waals surface area contributed by atoms with Gasteiger partial charge in [0.15, 0.2) is 12.7 Å². The van der Waals surface area contributed by atoms with Gasteiger partial charge < -0.3 is 19.3 Å². The molecule has 1 N–H and O–H groups in total. The second kappa shape index (κ2) is 10.9. The maximum absolute atomic E-state index is 10.7. The van der Waals surface area contributed by atoms with Gasteiger partial charge in [0.05, 0.1) is 29.6 Å². The molecule has 3 aromatic rings. The number of nitrogens with zero attached hydrogens (tertiary/aromatic N) is 2. The number of carboxylic acids is 1. The van der Waals surface area contributed by atoms with Gasteiger partial charge in [-0.15, -0.1) is 0 Å². The van der Waals surface area contributed by atoms with E-state index in [9.17, 15) is 4.79 Å². The molecule has 1 aromatic heterocycles. The quantitative estimate of drug-likeness (QED) is 0.501. The molecule has 7 nitrogen and oxygen atoms in total. The van der Waals surface area contributed by atoms with E-state index >= 15 is 0 Å². The van der Waals surface area contributed by atoms with Crippen molar-refractivity contribution in [1.29, 1.82) is 5.26 Å². The Morgan fingerprint density at radius 3 is 2.59 bits per heavy atom. The van der Waals surface area contributed by atoms with Crippen LogP contribution in [-0.4, -0.2) is 35.9 Å². The molecule has 0 unspecified atom stereocenters. The summed E-state index contributed by atoms with van der Waals surface area (Å²) in [6.45, 7) is 4.19. The molecule has 0 aliphatic rings. The predicted molar refractivity (Wildman–Crippen MR) is 119 cm³/mol. The molecule has 1 heterocycles. The molecule has 0 aliphatic heterocycles. The summed E-state index contributed by atoms with van der Waals surface area (Å²) in [7, 11) is 0. The Kier molecular flexibility index (Phi) is 7.79. The monoisotopic (exact) mass is 432 g/mol. The number of ether oxygens (including phenoxy) is 3. The van der Waals surface area contributed by atoms with Crippen LogP contribution < -0.4 is 9.47 Å². The number of hydrogen-bond donors (Lipinski definition) is 1. The van der Waals surface area contributed by atoms with E-state index in [1.165, 1.54) is 0 Å². The summed E-state index contributed by atoms with van der Waals surface area (Å²) in [5.41, 5.74) is 3.73. The number of carbonyl (C=O) groups is 1. The zero-order valence-electron chi connectivity index (χ0n) is 17.9. The van der Waals surface area contributed by atoms with Crippen LogP contribution in [0.5, 0.6) is 11.5 Å². The highest BCUT2D eigenvalue weighted by molar-refractivity contribution is 5.68. The van der Waals surface area contributed by atoms with E-state index in [0.717, 1.165) is 16.8 Å². The van der Waals surface area contributed by atoms with E-state index in [1.807, 2.05) is 44.2 Å². The summed E-state index contributed by atoms with van der Waals surface area (Å²) in [6.07, 6.45) is -0.446. The van der Waals surface area contributed by atoms with Crippen molar-refractivity contribution in [1.82, 2.24) is 4.98 Å². The fourth-order valence-corrected chi connectivity index (χ4v) is 3.07. The summed E-state index contributed by atoms with van der Waals surface area (Å²) < 4.78 is 17.1. The lowest BCUT2D eigenvalue weighted by molar-refractivity contribution is -0.139. The zero-order valence-corrected chi connectivity index (χ0v) is 17.9. The van der Waals surface area contributed by atoms with Crippen molar-refractivity contribution in [3.63, 3.8) is 0 Å². The minimum Gasteiger partial charge on any atom is -0.482 e. The van der Waals surface area contributed by atoms with E-state index < -0.39 is 18.7 Å². The Morgan fingerprint density at radius 1 is 1.16 bits per heavy atom. The van der Waals surface area contributed by atoms with E-state index in [1.54, 1.807) is 30.3 Å². The number of carboxylic acid groups (broad SMARTS) is 1. The van der Waals surface area contributed by atoms with Gasteiger partial charge in [-0.25, -0.2) is 9.78 Å². The molecule has 0 bridgehead atoms. The van der Waals surface area contributed by atoms with Gasteiger partial charge in [0.25, 0.3) is 0 Å². The van der Waals surface area contributed by atoms with Crippen LogP contribution >= 0.6 is 0 Å². The highest BCUT2D eigenvalue weighted by atomic mass is 16.5. The lowest BCUT2D eigenvalue weighted by Gasteiger charge is -2.20. The van der Waals surface area contributed by atoms with Gasteiger partial charge in [0, 0.05) is 12.2 Å². The van der Waals surface area contributed by atoms with Gasteiger partial charge in [-0.1, -0.05) is 18.2 Å². The molecule has 0 spiro atoms. The Balaban J connectivity index is 1.83. The third-order valence-electron chi connectivity index (χ3n) is 4.66. The molecule has 0 radical (unpaired) electrons. The zero-order chi connectivity index (χ0) is 22.9. The van der Waals surface area contributed by atoms with Crippen molar-refractivity contribution in [2.75, 3.05) is 19.8 Å². The second-order valence-electron chi connectivity index (χ2n) is 7.01. The van der Waals surface area contributed by atoms with Gasteiger partial charge in [-0.05, 0) is 61.9 Å². The number of aryl methyl sites for hydroxylation is 1. The third-order valence-corrected chi connectivity index (χ3v) is 4.66. The van der Waals surface area contributed by atoms with Crippen LogP contribution in [0, 0.1) is 18.3 Å². The molecule has 3 rings (SSSR count). The van der Waals surface area contributed by atoms with Gasteiger partial charge in [0.1, 0.15) is 11.5 Å². The summed E-state index contributed by atoms with van der Waals surface area (Å²) in [4.78, 5) is 15.5. The Bertz CT molecular complexity index is 1110. The molecule has 1 atom stereocenters. The first-order valence-electron chi connectivity index (χ1n) is 10.2. The number of nitriles is 1. The largest absolute Gasteiger partial charge is 0.482 e. The van der Waals surface area contributed by atoms with Crippen molar-refractivity contribution >= 4 is 5.97 Å². The minimum absolute atomic E-state index is 0.316. The average molecular weight is 432 g/mol. The highest BCUT2D eigenvalue weighted by Crippen LogP contribution is 2.28. The van der Waals surface area contributed by atoms with Crippen LogP contribution in [0.15, 0.2) is 60.7 Å². The first kappa shape index (κ1) is 22.8. The molecule has 7 heteroatoms. The summed E-state index contributed by atoms with van der Waals surface area (Å²) >= 11 is 0. The second-order valence-corrected chi connectivity index (χ2v) is 7.01. The Hall–Kier alpha value is -3.89. The number of pyridine rings is 1. The van der Waals surface area contributed by atoms with Crippen molar-refractivity contribution in [3.8, 4) is 28.8 Å². The number of benzene rings is 2. The molecule has 0 fully saturated rings. The molecule has 32 heavy (non-hydrogen) atoms. The molecule has 0 amide bonds. The minimum atomic E-state index is -1.03. The normalized spacial score (nSPS) is 11.4. The molecular weight excluding hydrogens is 408 g/mol. The fraction of sp³-hybridized carbons (Fsp3) is 0.240. The number of rotatable bonds is 10. The predicted octanol–water partition coefficient (Wildman–Crippen LogP) is 4.55. The van der Waals surface area contributed by atoms with E-state index in [-0.39, 0.29) is 0 Å². The van der Waals surface area contributed by atoms with E-state index in [4.69, 9.17) is 29.6 Å². The molecular formula is C25H24N2O5. The molecule has 0 saturated carbocycles. The lowest BCUT2D eigenvalue weighted by atomic mass is 10.1. The smallest absolute Gasteiger partial charge is 0.341 e. The maximum atomic E-state index is 10.7. The van der Waals surface area contributed by atoms with E-state index in [0.29, 0.717) is 36.0 Å². The lowest BCUT2D eigenvalue weighted by Crippen LogP contribution is -2.16. The standard InChI is InChI=1S/C25H24N2O5/c1-3-30-15-24(32-20-11-12-23(17(2)13-20)31-16-25(28)29)22-6-4-5-21(27-22)19-9-7-18(14-26)8-10-19/h4-13,24H,3,15-16H2,1-2H3,(H,28,29)/t24-/m1/s1. The van der Waals surface area contributed by atoms with Crippen LogP contribution in [-0.2, 0) is 9.53 Å². The Labute approximate surface area is 186 Å². The highest BCUT2D eigenvalue weighted by Gasteiger charge is 2.17. The molecule has 0 aliphatic carbocycles. The van der Waals surface area contributed by atoms with Gasteiger partial charge in [0.2, 0.25) is 0 Å².